The van der Waals surface area contributed by atoms with Crippen molar-refractivity contribution in [3.63, 3.8) is 0 Å². The summed E-state index contributed by atoms with van der Waals surface area (Å²) in [7, 11) is 0. The Bertz CT molecular complexity index is 424. The molecule has 1 amide bonds. The molecule has 0 radical (unpaired) electrons. The number of nitrogens with one attached hydrogen (secondary N) is 1. The quantitative estimate of drug-likeness (QED) is 0.877. The summed E-state index contributed by atoms with van der Waals surface area (Å²) in [6.07, 6.45) is 4.08. The molecule has 0 spiro atoms. The maximum absolute atomic E-state index is 11.8. The van der Waals surface area contributed by atoms with Gasteiger partial charge in [0, 0.05) is 10.9 Å². The number of aliphatic hydroxyl groups excluding tert-OH is 1. The molecule has 1 aromatic rings. The summed E-state index contributed by atoms with van der Waals surface area (Å²) >= 11 is 3.42. The van der Waals surface area contributed by atoms with Gasteiger partial charge in [0.1, 0.15) is 0 Å². The van der Waals surface area contributed by atoms with Crippen LogP contribution in [-0.2, 0) is 11.2 Å². The highest BCUT2D eigenvalue weighted by Gasteiger charge is 2.37. The molecule has 1 saturated carbocycles. The lowest BCUT2D eigenvalue weighted by Gasteiger charge is -2.41. The number of halogens is 1. The molecule has 1 fully saturated rings. The molecule has 1 aliphatic rings. The van der Waals surface area contributed by atoms with Crippen molar-refractivity contribution >= 4 is 21.8 Å². The number of rotatable bonds is 5. The summed E-state index contributed by atoms with van der Waals surface area (Å²) in [4.78, 5) is 11.8. The predicted molar refractivity (Wildman–Crippen MR) is 74.3 cm³/mol. The van der Waals surface area contributed by atoms with Gasteiger partial charge in [0.15, 0.2) is 0 Å². The van der Waals surface area contributed by atoms with Crippen LogP contribution in [0.3, 0.4) is 0 Å². The number of aryl methyl sites for hydroxylation is 1. The van der Waals surface area contributed by atoms with Gasteiger partial charge in [-0.1, -0.05) is 28.1 Å². The maximum Gasteiger partial charge on any atom is 0.220 e. The Balaban J connectivity index is 1.81. The smallest absolute Gasteiger partial charge is 0.220 e. The van der Waals surface area contributed by atoms with E-state index in [0.29, 0.717) is 6.42 Å². The Hall–Kier alpha value is -0.870. The standard InChI is InChI=1S/C14H18BrNO2/c15-12-4-1-3-11(9-12)5-6-13(18)16-14(10-17)7-2-8-14/h1,3-4,9,17H,2,5-8,10H2,(H,16,18). The molecule has 98 valence electrons. The summed E-state index contributed by atoms with van der Waals surface area (Å²) in [6, 6.07) is 7.98. The van der Waals surface area contributed by atoms with Crippen LogP contribution in [0.1, 0.15) is 31.2 Å². The molecule has 0 unspecified atom stereocenters. The number of amides is 1. The number of aliphatic hydroxyl groups is 1. The molecule has 0 aliphatic heterocycles. The molecule has 1 aliphatic carbocycles. The summed E-state index contributed by atoms with van der Waals surface area (Å²) < 4.78 is 1.03. The number of hydrogen-bond acceptors (Lipinski definition) is 2. The first-order valence-electron chi connectivity index (χ1n) is 6.30. The van der Waals surface area contributed by atoms with E-state index in [9.17, 15) is 9.90 Å². The first-order valence-corrected chi connectivity index (χ1v) is 7.09. The highest BCUT2D eigenvalue weighted by atomic mass is 79.9. The third-order valence-electron chi connectivity index (χ3n) is 3.55. The fraction of sp³-hybridized carbons (Fsp3) is 0.500. The van der Waals surface area contributed by atoms with Gasteiger partial charge in [-0.05, 0) is 43.4 Å². The molecule has 0 saturated heterocycles. The topological polar surface area (TPSA) is 49.3 Å². The van der Waals surface area contributed by atoms with Gasteiger partial charge in [-0.3, -0.25) is 4.79 Å². The van der Waals surface area contributed by atoms with E-state index in [1.807, 2.05) is 24.3 Å². The van der Waals surface area contributed by atoms with E-state index in [2.05, 4.69) is 21.2 Å². The molecule has 0 atom stereocenters. The van der Waals surface area contributed by atoms with Crippen molar-refractivity contribution in [2.24, 2.45) is 0 Å². The first kappa shape index (κ1) is 13.6. The highest BCUT2D eigenvalue weighted by Crippen LogP contribution is 2.31. The molecule has 2 N–H and O–H groups in total. The third kappa shape index (κ3) is 3.33. The molecule has 1 aromatic carbocycles. The van der Waals surface area contributed by atoms with Gasteiger partial charge in [0.2, 0.25) is 5.91 Å². The zero-order valence-corrected chi connectivity index (χ0v) is 11.9. The normalized spacial score (nSPS) is 17.0. The number of carbonyl (C=O) groups is 1. The SMILES string of the molecule is O=C(CCc1cccc(Br)c1)NC1(CO)CCC1. The zero-order valence-electron chi connectivity index (χ0n) is 10.3. The molecular weight excluding hydrogens is 294 g/mol. The minimum absolute atomic E-state index is 0.0312. The van der Waals surface area contributed by atoms with Gasteiger partial charge < -0.3 is 10.4 Å². The van der Waals surface area contributed by atoms with Crippen molar-refractivity contribution in [1.29, 1.82) is 0 Å². The molecular formula is C14H18BrNO2. The van der Waals surface area contributed by atoms with Crippen molar-refractivity contribution in [3.8, 4) is 0 Å². The minimum Gasteiger partial charge on any atom is -0.394 e. The summed E-state index contributed by atoms with van der Waals surface area (Å²) in [5.74, 6) is 0.0312. The van der Waals surface area contributed by atoms with Crippen LogP contribution in [0.4, 0.5) is 0 Å². The average molecular weight is 312 g/mol. The van der Waals surface area contributed by atoms with Gasteiger partial charge in [0.25, 0.3) is 0 Å². The molecule has 0 aromatic heterocycles. The van der Waals surface area contributed by atoms with E-state index in [4.69, 9.17) is 0 Å². The average Bonchev–Trinajstić information content (AvgIpc) is 2.31. The van der Waals surface area contributed by atoms with Gasteiger partial charge in [-0.25, -0.2) is 0 Å². The highest BCUT2D eigenvalue weighted by molar-refractivity contribution is 9.10. The Kier molecular flexibility index (Phi) is 4.40. The maximum atomic E-state index is 11.8. The molecule has 3 nitrogen and oxygen atoms in total. The Morgan fingerprint density at radius 1 is 1.44 bits per heavy atom. The molecule has 2 rings (SSSR count). The van der Waals surface area contributed by atoms with E-state index in [1.54, 1.807) is 0 Å². The lowest BCUT2D eigenvalue weighted by Crippen LogP contribution is -2.56. The van der Waals surface area contributed by atoms with E-state index in [0.717, 1.165) is 35.7 Å². The monoisotopic (exact) mass is 311 g/mol. The number of benzene rings is 1. The fourth-order valence-corrected chi connectivity index (χ4v) is 2.68. The van der Waals surface area contributed by atoms with E-state index >= 15 is 0 Å². The largest absolute Gasteiger partial charge is 0.394 e. The van der Waals surface area contributed by atoms with Crippen LogP contribution < -0.4 is 5.32 Å². The van der Waals surface area contributed by atoms with Crippen molar-refractivity contribution in [2.45, 2.75) is 37.6 Å². The molecule has 0 heterocycles. The van der Waals surface area contributed by atoms with Crippen molar-refractivity contribution in [2.75, 3.05) is 6.61 Å². The van der Waals surface area contributed by atoms with Crippen molar-refractivity contribution in [3.05, 3.63) is 34.3 Å². The summed E-state index contributed by atoms with van der Waals surface area (Å²) in [5.41, 5.74) is 0.820. The van der Waals surface area contributed by atoms with Gasteiger partial charge in [-0.15, -0.1) is 0 Å². The third-order valence-corrected chi connectivity index (χ3v) is 4.04. The molecule has 4 heteroatoms. The van der Waals surface area contributed by atoms with Crippen LogP contribution in [-0.4, -0.2) is 23.2 Å². The summed E-state index contributed by atoms with van der Waals surface area (Å²) in [6.45, 7) is 0.0512. The Morgan fingerprint density at radius 2 is 2.22 bits per heavy atom. The van der Waals surface area contributed by atoms with Gasteiger partial charge >= 0.3 is 0 Å². The van der Waals surface area contributed by atoms with E-state index < -0.39 is 0 Å². The van der Waals surface area contributed by atoms with Gasteiger partial charge in [0.05, 0.1) is 12.1 Å². The lowest BCUT2D eigenvalue weighted by atomic mass is 9.77. The Morgan fingerprint density at radius 3 is 2.78 bits per heavy atom. The molecule has 18 heavy (non-hydrogen) atoms. The first-order chi connectivity index (χ1) is 8.63. The van der Waals surface area contributed by atoms with Crippen LogP contribution in [0.2, 0.25) is 0 Å². The number of hydrogen-bond donors (Lipinski definition) is 2. The summed E-state index contributed by atoms with van der Waals surface area (Å²) in [5, 5.41) is 12.2. The van der Waals surface area contributed by atoms with Crippen LogP contribution in [0.25, 0.3) is 0 Å². The molecule has 0 bridgehead atoms. The van der Waals surface area contributed by atoms with Crippen LogP contribution >= 0.6 is 15.9 Å². The van der Waals surface area contributed by atoms with Crippen LogP contribution in [0.5, 0.6) is 0 Å². The Labute approximate surface area is 116 Å². The van der Waals surface area contributed by atoms with E-state index in [1.165, 1.54) is 0 Å². The number of carbonyl (C=O) groups excluding carboxylic acids is 1. The fourth-order valence-electron chi connectivity index (χ4n) is 2.23. The second kappa shape index (κ2) is 5.85. The van der Waals surface area contributed by atoms with Crippen molar-refractivity contribution in [1.82, 2.24) is 5.32 Å². The second-order valence-corrected chi connectivity index (χ2v) is 5.89. The van der Waals surface area contributed by atoms with Crippen LogP contribution in [0.15, 0.2) is 28.7 Å². The minimum atomic E-state index is -0.325. The van der Waals surface area contributed by atoms with E-state index in [-0.39, 0.29) is 18.1 Å². The van der Waals surface area contributed by atoms with Crippen LogP contribution in [0, 0.1) is 0 Å². The second-order valence-electron chi connectivity index (χ2n) is 4.97. The lowest BCUT2D eigenvalue weighted by molar-refractivity contribution is -0.125. The zero-order chi connectivity index (χ0) is 13.0. The van der Waals surface area contributed by atoms with Crippen molar-refractivity contribution < 1.29 is 9.90 Å². The predicted octanol–water partition coefficient (Wildman–Crippen LogP) is 2.41. The van der Waals surface area contributed by atoms with Gasteiger partial charge in [-0.2, -0.15) is 0 Å².